The Bertz CT molecular complexity index is 598. The van der Waals surface area contributed by atoms with Gasteiger partial charge in [-0.15, -0.1) is 0 Å². The van der Waals surface area contributed by atoms with E-state index in [1.807, 2.05) is 6.92 Å². The van der Waals surface area contributed by atoms with Gasteiger partial charge in [0.05, 0.1) is 18.7 Å². The molecule has 0 saturated carbocycles. The summed E-state index contributed by atoms with van der Waals surface area (Å²) >= 11 is 0. The molecular weight excluding hydrogens is 301 g/mol. The van der Waals surface area contributed by atoms with Crippen LogP contribution in [0.4, 0.5) is 18.0 Å². The standard InChI is InChI=1S/C14H15F3N2O3/c1-3-22-12(20)19-13(21,14(15,16)17)8-11(18-19)10-6-4-9(2)5-7-10/h4-7,21H,3,8H2,1-2H3. The van der Waals surface area contributed by atoms with Crippen LogP contribution in [-0.2, 0) is 4.74 Å². The molecule has 0 saturated heterocycles. The molecule has 1 aromatic rings. The molecule has 8 heteroatoms. The molecule has 120 valence electrons. The third-order valence-electron chi connectivity index (χ3n) is 3.26. The summed E-state index contributed by atoms with van der Waals surface area (Å²) in [5.41, 5.74) is -2.11. The van der Waals surface area contributed by atoms with Crippen LogP contribution in [0.3, 0.4) is 0 Å². The smallest absolute Gasteiger partial charge is 0.439 e. The Morgan fingerprint density at radius 3 is 2.50 bits per heavy atom. The molecule has 1 N–H and O–H groups in total. The molecule has 0 aliphatic carbocycles. The summed E-state index contributed by atoms with van der Waals surface area (Å²) in [7, 11) is 0. The number of carbonyl (C=O) groups excluding carboxylic acids is 1. The van der Waals surface area contributed by atoms with Gasteiger partial charge >= 0.3 is 12.3 Å². The number of aryl methyl sites for hydroxylation is 1. The summed E-state index contributed by atoms with van der Waals surface area (Å²) in [6.45, 7) is 3.15. The van der Waals surface area contributed by atoms with Crippen molar-refractivity contribution in [2.24, 2.45) is 5.10 Å². The molecular formula is C14H15F3N2O3. The highest BCUT2D eigenvalue weighted by atomic mass is 19.4. The van der Waals surface area contributed by atoms with Gasteiger partial charge < -0.3 is 9.84 Å². The molecule has 0 spiro atoms. The zero-order chi connectivity index (χ0) is 16.5. The van der Waals surface area contributed by atoms with E-state index in [0.29, 0.717) is 5.56 Å². The summed E-state index contributed by atoms with van der Waals surface area (Å²) < 4.78 is 44.1. The monoisotopic (exact) mass is 316 g/mol. The summed E-state index contributed by atoms with van der Waals surface area (Å²) in [5.74, 6) is 0. The number of aliphatic hydroxyl groups is 1. The lowest BCUT2D eigenvalue weighted by atomic mass is 10.0. The van der Waals surface area contributed by atoms with Crippen molar-refractivity contribution in [3.05, 3.63) is 35.4 Å². The third-order valence-corrected chi connectivity index (χ3v) is 3.26. The number of hydrazone groups is 1. The number of hydrogen-bond acceptors (Lipinski definition) is 4. The van der Waals surface area contributed by atoms with Gasteiger partial charge in [0.1, 0.15) is 0 Å². The Morgan fingerprint density at radius 2 is 2.00 bits per heavy atom. The van der Waals surface area contributed by atoms with Crippen molar-refractivity contribution >= 4 is 11.8 Å². The lowest BCUT2D eigenvalue weighted by Gasteiger charge is -2.31. The molecule has 0 aromatic heterocycles. The van der Waals surface area contributed by atoms with Crippen molar-refractivity contribution in [2.45, 2.75) is 32.2 Å². The van der Waals surface area contributed by atoms with E-state index < -0.39 is 24.4 Å². The number of nitrogens with zero attached hydrogens (tertiary/aromatic N) is 2. The Kier molecular flexibility index (Phi) is 4.15. The predicted octanol–water partition coefficient (Wildman–Crippen LogP) is 2.81. The van der Waals surface area contributed by atoms with E-state index in [1.54, 1.807) is 24.3 Å². The van der Waals surface area contributed by atoms with Crippen molar-refractivity contribution in [3.63, 3.8) is 0 Å². The Labute approximate surface area is 125 Å². The number of rotatable bonds is 2. The van der Waals surface area contributed by atoms with Crippen LogP contribution < -0.4 is 0 Å². The van der Waals surface area contributed by atoms with E-state index in [9.17, 15) is 23.1 Å². The Hall–Kier alpha value is -2.09. The predicted molar refractivity (Wildman–Crippen MR) is 72.2 cm³/mol. The molecule has 22 heavy (non-hydrogen) atoms. The minimum absolute atomic E-state index is 0.0344. The van der Waals surface area contributed by atoms with E-state index in [2.05, 4.69) is 9.84 Å². The first-order valence-corrected chi connectivity index (χ1v) is 6.59. The Balaban J connectivity index is 2.40. The molecule has 1 aromatic carbocycles. The second kappa shape index (κ2) is 5.60. The number of halogens is 3. The van der Waals surface area contributed by atoms with Crippen LogP contribution in [0, 0.1) is 6.92 Å². The largest absolute Gasteiger partial charge is 0.448 e. The zero-order valence-corrected chi connectivity index (χ0v) is 12.0. The van der Waals surface area contributed by atoms with Crippen molar-refractivity contribution < 1.29 is 27.8 Å². The number of hydrogen-bond donors (Lipinski definition) is 1. The number of ether oxygens (including phenoxy) is 1. The van der Waals surface area contributed by atoms with Gasteiger partial charge in [0.2, 0.25) is 0 Å². The van der Waals surface area contributed by atoms with E-state index in [1.165, 1.54) is 6.92 Å². The molecule has 1 aliphatic heterocycles. The molecule has 0 bridgehead atoms. The van der Waals surface area contributed by atoms with Crippen molar-refractivity contribution in [1.29, 1.82) is 0 Å². The highest BCUT2D eigenvalue weighted by molar-refractivity contribution is 6.03. The second-order valence-corrected chi connectivity index (χ2v) is 4.91. The van der Waals surface area contributed by atoms with Gasteiger partial charge in [0.25, 0.3) is 5.72 Å². The van der Waals surface area contributed by atoms with Crippen LogP contribution in [0.1, 0.15) is 24.5 Å². The van der Waals surface area contributed by atoms with Gasteiger partial charge in [-0.3, -0.25) is 0 Å². The molecule has 0 radical (unpaired) electrons. The van der Waals surface area contributed by atoms with Crippen LogP contribution in [0.25, 0.3) is 0 Å². The number of carbonyl (C=O) groups is 1. The maximum atomic E-state index is 13.2. The average Bonchev–Trinajstić information content (AvgIpc) is 2.79. The molecule has 0 fully saturated rings. The van der Waals surface area contributed by atoms with Gasteiger partial charge in [-0.1, -0.05) is 29.8 Å². The summed E-state index contributed by atoms with van der Waals surface area (Å²) in [6.07, 6.45) is -7.25. The minimum Gasteiger partial charge on any atom is -0.448 e. The minimum atomic E-state index is -5.06. The number of benzene rings is 1. The number of amides is 1. The summed E-state index contributed by atoms with van der Waals surface area (Å²) in [4.78, 5) is 11.7. The fourth-order valence-electron chi connectivity index (χ4n) is 2.05. The van der Waals surface area contributed by atoms with Crippen molar-refractivity contribution in [3.8, 4) is 0 Å². The highest BCUT2D eigenvalue weighted by Crippen LogP contribution is 2.41. The van der Waals surface area contributed by atoms with Crippen LogP contribution in [0.2, 0.25) is 0 Å². The third kappa shape index (κ3) is 2.78. The summed E-state index contributed by atoms with van der Waals surface area (Å²) in [6, 6.07) is 6.58. The van der Waals surface area contributed by atoms with E-state index in [0.717, 1.165) is 5.56 Å². The van der Waals surface area contributed by atoms with Gasteiger partial charge in [0.15, 0.2) is 0 Å². The van der Waals surface area contributed by atoms with E-state index in [4.69, 9.17) is 0 Å². The molecule has 1 heterocycles. The van der Waals surface area contributed by atoms with Crippen LogP contribution in [-0.4, -0.2) is 40.4 Å². The van der Waals surface area contributed by atoms with Gasteiger partial charge in [0, 0.05) is 0 Å². The maximum absolute atomic E-state index is 13.2. The molecule has 1 unspecified atom stereocenters. The molecule has 1 amide bonds. The fourth-order valence-corrected chi connectivity index (χ4v) is 2.05. The highest BCUT2D eigenvalue weighted by Gasteiger charge is 2.64. The second-order valence-electron chi connectivity index (χ2n) is 4.91. The zero-order valence-electron chi connectivity index (χ0n) is 12.0. The van der Waals surface area contributed by atoms with E-state index in [-0.39, 0.29) is 17.3 Å². The average molecular weight is 316 g/mol. The van der Waals surface area contributed by atoms with Crippen LogP contribution in [0.5, 0.6) is 0 Å². The maximum Gasteiger partial charge on any atom is 0.439 e. The van der Waals surface area contributed by atoms with Gasteiger partial charge in [-0.05, 0) is 19.4 Å². The van der Waals surface area contributed by atoms with Gasteiger partial charge in [-0.2, -0.15) is 23.3 Å². The Morgan fingerprint density at radius 1 is 1.41 bits per heavy atom. The van der Waals surface area contributed by atoms with Crippen LogP contribution >= 0.6 is 0 Å². The fraction of sp³-hybridized carbons (Fsp3) is 0.429. The first kappa shape index (κ1) is 16.3. The molecule has 2 rings (SSSR count). The first-order valence-electron chi connectivity index (χ1n) is 6.59. The van der Waals surface area contributed by atoms with Crippen molar-refractivity contribution in [1.82, 2.24) is 5.01 Å². The van der Waals surface area contributed by atoms with Crippen molar-refractivity contribution in [2.75, 3.05) is 6.61 Å². The normalized spacial score (nSPS) is 21.7. The van der Waals surface area contributed by atoms with E-state index >= 15 is 0 Å². The topological polar surface area (TPSA) is 62.1 Å². The quantitative estimate of drug-likeness (QED) is 0.912. The summed E-state index contributed by atoms with van der Waals surface area (Å²) in [5, 5.41) is 13.6. The molecule has 5 nitrogen and oxygen atoms in total. The SMILES string of the molecule is CCOC(=O)N1N=C(c2ccc(C)cc2)CC1(O)C(F)(F)F. The first-order chi connectivity index (χ1) is 10.2. The number of alkyl halides is 3. The lowest BCUT2D eigenvalue weighted by molar-refractivity contribution is -0.299. The van der Waals surface area contributed by atoms with Gasteiger partial charge in [-0.25, -0.2) is 4.79 Å². The molecule has 1 aliphatic rings. The lowest BCUT2D eigenvalue weighted by Crippen LogP contribution is -2.56. The molecule has 1 atom stereocenters. The van der Waals surface area contributed by atoms with Crippen LogP contribution in [0.15, 0.2) is 29.4 Å².